The van der Waals surface area contributed by atoms with Gasteiger partial charge in [-0.2, -0.15) is 5.10 Å². The highest BCUT2D eigenvalue weighted by Crippen LogP contribution is 2.13. The zero-order valence-electron chi connectivity index (χ0n) is 13.5. The summed E-state index contributed by atoms with van der Waals surface area (Å²) in [6.07, 6.45) is 3.78. The first kappa shape index (κ1) is 15.9. The minimum atomic E-state index is -0.264. The van der Waals surface area contributed by atoms with E-state index in [2.05, 4.69) is 20.4 Å². The molecule has 1 amide bonds. The Morgan fingerprint density at radius 2 is 2.08 bits per heavy atom. The van der Waals surface area contributed by atoms with Gasteiger partial charge in [0.05, 0.1) is 18.4 Å². The zero-order valence-corrected chi connectivity index (χ0v) is 13.5. The summed E-state index contributed by atoms with van der Waals surface area (Å²) in [4.78, 5) is 31.1. The van der Waals surface area contributed by atoms with E-state index in [9.17, 15) is 9.59 Å². The Balaban J connectivity index is 1.88. The summed E-state index contributed by atoms with van der Waals surface area (Å²) in [5, 5.41) is 7.44. The number of aromatic amines is 1. The van der Waals surface area contributed by atoms with Crippen LogP contribution in [0.3, 0.4) is 0 Å². The van der Waals surface area contributed by atoms with Crippen molar-refractivity contribution >= 4 is 16.9 Å². The quantitative estimate of drug-likeness (QED) is 0.724. The lowest BCUT2D eigenvalue weighted by molar-refractivity contribution is -0.121. The lowest BCUT2D eigenvalue weighted by atomic mass is 10.2. The molecule has 3 rings (SSSR count). The number of fused-ring (bicyclic) bond motifs is 1. The molecule has 0 radical (unpaired) electrons. The number of rotatable bonds is 6. The first-order valence-electron chi connectivity index (χ1n) is 7.98. The first-order valence-corrected chi connectivity index (χ1v) is 7.98. The standard InChI is InChI=1S/C17H19N5O2/c1-2-3-9-15(23)18-11-14-20-16-13(17(24)21-14)10-19-22(16)12-7-5-4-6-8-12/h4-8,10H,2-3,9,11H2,1H3,(H,18,23)(H,20,21,24). The molecule has 0 saturated heterocycles. The first-order chi connectivity index (χ1) is 11.7. The highest BCUT2D eigenvalue weighted by Gasteiger charge is 2.11. The molecule has 0 bridgehead atoms. The average molecular weight is 325 g/mol. The summed E-state index contributed by atoms with van der Waals surface area (Å²) in [5.74, 6) is 0.367. The fourth-order valence-electron chi connectivity index (χ4n) is 2.41. The number of unbranched alkanes of at least 4 members (excludes halogenated alkanes) is 1. The van der Waals surface area contributed by atoms with Gasteiger partial charge in [0.15, 0.2) is 5.65 Å². The smallest absolute Gasteiger partial charge is 0.262 e. The van der Waals surface area contributed by atoms with Crippen LogP contribution in [0.4, 0.5) is 0 Å². The molecular formula is C17H19N5O2. The van der Waals surface area contributed by atoms with Crippen LogP contribution in [0.1, 0.15) is 32.0 Å². The number of benzene rings is 1. The number of nitrogens with one attached hydrogen (secondary N) is 2. The van der Waals surface area contributed by atoms with Gasteiger partial charge in [-0.1, -0.05) is 31.5 Å². The Kier molecular flexibility index (Phi) is 4.69. The van der Waals surface area contributed by atoms with Gasteiger partial charge in [0.2, 0.25) is 5.91 Å². The monoisotopic (exact) mass is 325 g/mol. The van der Waals surface area contributed by atoms with Crippen LogP contribution in [0.2, 0.25) is 0 Å². The van der Waals surface area contributed by atoms with E-state index < -0.39 is 0 Å². The van der Waals surface area contributed by atoms with Gasteiger partial charge >= 0.3 is 0 Å². The molecule has 124 valence electrons. The molecule has 7 nitrogen and oxygen atoms in total. The number of carbonyl (C=O) groups is 1. The Bertz CT molecular complexity index is 898. The molecule has 2 heterocycles. The van der Waals surface area contributed by atoms with Crippen LogP contribution in [0.25, 0.3) is 16.7 Å². The van der Waals surface area contributed by atoms with E-state index >= 15 is 0 Å². The molecule has 2 N–H and O–H groups in total. The third-order valence-corrected chi connectivity index (χ3v) is 3.70. The molecule has 0 aliphatic carbocycles. The van der Waals surface area contributed by atoms with E-state index in [4.69, 9.17) is 0 Å². The average Bonchev–Trinajstić information content (AvgIpc) is 3.03. The summed E-state index contributed by atoms with van der Waals surface area (Å²) < 4.78 is 1.62. The maximum absolute atomic E-state index is 12.2. The van der Waals surface area contributed by atoms with Crippen LogP contribution in [-0.4, -0.2) is 25.7 Å². The SMILES string of the molecule is CCCCC(=O)NCc1nc2c(cnn2-c2ccccc2)c(=O)[nH]1. The Morgan fingerprint density at radius 1 is 1.29 bits per heavy atom. The van der Waals surface area contributed by atoms with Crippen LogP contribution < -0.4 is 10.9 Å². The lowest BCUT2D eigenvalue weighted by Gasteiger charge is -2.06. The molecule has 24 heavy (non-hydrogen) atoms. The van der Waals surface area contributed by atoms with Gasteiger partial charge in [-0.15, -0.1) is 0 Å². The minimum absolute atomic E-state index is 0.0452. The van der Waals surface area contributed by atoms with E-state index in [0.29, 0.717) is 23.3 Å². The Labute approximate surface area is 138 Å². The summed E-state index contributed by atoms with van der Waals surface area (Å²) in [6, 6.07) is 9.48. The maximum atomic E-state index is 12.2. The fraction of sp³-hybridized carbons (Fsp3) is 0.294. The molecule has 0 spiro atoms. The number of H-pyrrole nitrogens is 1. The zero-order chi connectivity index (χ0) is 16.9. The second kappa shape index (κ2) is 7.08. The third-order valence-electron chi connectivity index (χ3n) is 3.70. The van der Waals surface area contributed by atoms with E-state index in [1.807, 2.05) is 37.3 Å². The van der Waals surface area contributed by atoms with Crippen molar-refractivity contribution in [2.45, 2.75) is 32.7 Å². The molecule has 2 aromatic heterocycles. The highest BCUT2D eigenvalue weighted by molar-refractivity contribution is 5.76. The summed E-state index contributed by atoms with van der Waals surface area (Å²) in [5.41, 5.74) is 1.03. The molecule has 7 heteroatoms. The van der Waals surface area contributed by atoms with Crippen LogP contribution in [0.5, 0.6) is 0 Å². The van der Waals surface area contributed by atoms with Crippen LogP contribution in [-0.2, 0) is 11.3 Å². The van der Waals surface area contributed by atoms with Gasteiger partial charge < -0.3 is 10.3 Å². The molecule has 0 atom stereocenters. The number of para-hydroxylation sites is 1. The Morgan fingerprint density at radius 3 is 2.83 bits per heavy atom. The summed E-state index contributed by atoms with van der Waals surface area (Å²) >= 11 is 0. The molecule has 0 aliphatic rings. The molecule has 0 fully saturated rings. The molecule has 0 saturated carbocycles. The molecular weight excluding hydrogens is 306 g/mol. The second-order valence-electron chi connectivity index (χ2n) is 5.52. The predicted octanol–water partition coefficient (Wildman–Crippen LogP) is 1.92. The number of carbonyl (C=O) groups excluding carboxylic acids is 1. The van der Waals surface area contributed by atoms with Crippen molar-refractivity contribution in [1.82, 2.24) is 25.1 Å². The Hall–Kier alpha value is -2.96. The fourth-order valence-corrected chi connectivity index (χ4v) is 2.41. The predicted molar refractivity (Wildman–Crippen MR) is 90.9 cm³/mol. The van der Waals surface area contributed by atoms with Gasteiger partial charge in [0.25, 0.3) is 5.56 Å². The normalized spacial score (nSPS) is 10.9. The lowest BCUT2D eigenvalue weighted by Crippen LogP contribution is -2.25. The number of amides is 1. The topological polar surface area (TPSA) is 92.7 Å². The van der Waals surface area contributed by atoms with Crippen molar-refractivity contribution in [2.75, 3.05) is 0 Å². The van der Waals surface area contributed by atoms with Crippen molar-refractivity contribution in [3.8, 4) is 5.69 Å². The van der Waals surface area contributed by atoms with Crippen LogP contribution >= 0.6 is 0 Å². The largest absolute Gasteiger partial charge is 0.349 e. The van der Waals surface area contributed by atoms with E-state index in [0.717, 1.165) is 18.5 Å². The number of hydrogen-bond acceptors (Lipinski definition) is 4. The highest BCUT2D eigenvalue weighted by atomic mass is 16.1. The van der Waals surface area contributed by atoms with Gasteiger partial charge in [-0.25, -0.2) is 9.67 Å². The van der Waals surface area contributed by atoms with Crippen molar-refractivity contribution in [2.24, 2.45) is 0 Å². The number of aromatic nitrogens is 4. The maximum Gasteiger partial charge on any atom is 0.262 e. The number of hydrogen-bond donors (Lipinski definition) is 2. The van der Waals surface area contributed by atoms with E-state index in [1.165, 1.54) is 6.20 Å². The minimum Gasteiger partial charge on any atom is -0.349 e. The van der Waals surface area contributed by atoms with E-state index in [1.54, 1.807) is 4.68 Å². The van der Waals surface area contributed by atoms with E-state index in [-0.39, 0.29) is 18.0 Å². The van der Waals surface area contributed by atoms with Crippen molar-refractivity contribution < 1.29 is 4.79 Å². The third kappa shape index (κ3) is 3.34. The van der Waals surface area contributed by atoms with Gasteiger partial charge in [0.1, 0.15) is 11.2 Å². The second-order valence-corrected chi connectivity index (χ2v) is 5.52. The van der Waals surface area contributed by atoms with Crippen molar-refractivity contribution in [1.29, 1.82) is 0 Å². The van der Waals surface area contributed by atoms with Crippen molar-refractivity contribution in [3.05, 3.63) is 52.7 Å². The molecule has 0 unspecified atom stereocenters. The summed E-state index contributed by atoms with van der Waals surface area (Å²) in [6.45, 7) is 2.22. The molecule has 1 aromatic carbocycles. The number of nitrogens with zero attached hydrogens (tertiary/aromatic N) is 3. The van der Waals surface area contributed by atoms with Crippen LogP contribution in [0, 0.1) is 0 Å². The molecule has 3 aromatic rings. The van der Waals surface area contributed by atoms with Crippen molar-refractivity contribution in [3.63, 3.8) is 0 Å². The molecule has 0 aliphatic heterocycles. The van der Waals surface area contributed by atoms with Gasteiger partial charge in [0, 0.05) is 6.42 Å². The summed E-state index contributed by atoms with van der Waals surface area (Å²) in [7, 11) is 0. The van der Waals surface area contributed by atoms with Gasteiger partial charge in [-0.05, 0) is 18.6 Å². The van der Waals surface area contributed by atoms with Crippen LogP contribution in [0.15, 0.2) is 41.3 Å². The van der Waals surface area contributed by atoms with Gasteiger partial charge in [-0.3, -0.25) is 9.59 Å².